The first-order valence-corrected chi connectivity index (χ1v) is 6.48. The van der Waals surface area contributed by atoms with Crippen LogP contribution in [-0.4, -0.2) is 49.1 Å². The zero-order valence-electron chi connectivity index (χ0n) is 9.91. The molecular formula is C12H21N3O. The minimum atomic E-state index is 0.224. The van der Waals surface area contributed by atoms with Gasteiger partial charge in [-0.25, -0.2) is 0 Å². The van der Waals surface area contributed by atoms with Crippen LogP contribution in [0, 0.1) is 11.8 Å². The smallest absolute Gasteiger partial charge is 0.234 e. The predicted octanol–water partition coefficient (Wildman–Crippen LogP) is -0.195. The van der Waals surface area contributed by atoms with Crippen LogP contribution in [0.2, 0.25) is 0 Å². The molecule has 1 aliphatic carbocycles. The third-order valence-corrected chi connectivity index (χ3v) is 4.35. The van der Waals surface area contributed by atoms with Crippen molar-refractivity contribution in [2.75, 3.05) is 26.2 Å². The highest BCUT2D eigenvalue weighted by Gasteiger charge is 2.42. The first-order valence-electron chi connectivity index (χ1n) is 6.48. The summed E-state index contributed by atoms with van der Waals surface area (Å²) < 4.78 is 0. The zero-order chi connectivity index (χ0) is 11.1. The molecule has 3 atom stereocenters. The van der Waals surface area contributed by atoms with Gasteiger partial charge in [0.25, 0.3) is 0 Å². The summed E-state index contributed by atoms with van der Waals surface area (Å²) in [5.74, 6) is 1.75. The maximum absolute atomic E-state index is 11.7. The van der Waals surface area contributed by atoms with Crippen LogP contribution in [0.15, 0.2) is 0 Å². The van der Waals surface area contributed by atoms with E-state index in [1.54, 1.807) is 0 Å². The fraction of sp³-hybridized carbons (Fsp3) is 0.917. The molecule has 3 fully saturated rings. The lowest BCUT2D eigenvalue weighted by molar-refractivity contribution is -0.122. The molecule has 0 aromatic carbocycles. The maximum Gasteiger partial charge on any atom is 0.234 e. The maximum atomic E-state index is 11.7. The van der Waals surface area contributed by atoms with Gasteiger partial charge in [-0.1, -0.05) is 0 Å². The van der Waals surface area contributed by atoms with Crippen molar-refractivity contribution in [2.45, 2.75) is 31.8 Å². The molecule has 0 bridgehead atoms. The van der Waals surface area contributed by atoms with Crippen molar-refractivity contribution in [1.29, 1.82) is 0 Å². The fourth-order valence-corrected chi connectivity index (χ4v) is 3.15. The van der Waals surface area contributed by atoms with Gasteiger partial charge in [0.2, 0.25) is 5.91 Å². The lowest BCUT2D eigenvalue weighted by Crippen LogP contribution is -2.41. The molecule has 1 amide bonds. The summed E-state index contributed by atoms with van der Waals surface area (Å²) in [7, 11) is 0. The SMILES string of the molecule is CC1C2CNCC2CN1CC(=O)NC1CC1. The predicted molar refractivity (Wildman–Crippen MR) is 62.0 cm³/mol. The Morgan fingerprint density at radius 3 is 2.94 bits per heavy atom. The summed E-state index contributed by atoms with van der Waals surface area (Å²) >= 11 is 0. The van der Waals surface area contributed by atoms with Crippen LogP contribution in [-0.2, 0) is 4.79 Å². The number of amides is 1. The Morgan fingerprint density at radius 2 is 2.25 bits per heavy atom. The van der Waals surface area contributed by atoms with Crippen LogP contribution < -0.4 is 10.6 Å². The molecule has 2 aliphatic heterocycles. The van der Waals surface area contributed by atoms with E-state index in [4.69, 9.17) is 0 Å². The first kappa shape index (κ1) is 10.5. The summed E-state index contributed by atoms with van der Waals surface area (Å²) in [6.45, 7) is 6.23. The van der Waals surface area contributed by atoms with Crippen molar-refractivity contribution in [2.24, 2.45) is 11.8 Å². The molecule has 16 heavy (non-hydrogen) atoms. The quantitative estimate of drug-likeness (QED) is 0.697. The average molecular weight is 223 g/mol. The van der Waals surface area contributed by atoms with Crippen molar-refractivity contribution in [1.82, 2.24) is 15.5 Å². The molecule has 3 unspecified atom stereocenters. The van der Waals surface area contributed by atoms with Crippen molar-refractivity contribution in [3.63, 3.8) is 0 Å². The Balaban J connectivity index is 1.53. The lowest BCUT2D eigenvalue weighted by atomic mass is 9.95. The number of hydrogen-bond acceptors (Lipinski definition) is 3. The minimum absolute atomic E-state index is 0.224. The van der Waals surface area contributed by atoms with Gasteiger partial charge in [-0.2, -0.15) is 0 Å². The Bertz CT molecular complexity index is 290. The average Bonchev–Trinajstić information content (AvgIpc) is 2.84. The number of fused-ring (bicyclic) bond motifs is 1. The molecule has 3 rings (SSSR count). The van der Waals surface area contributed by atoms with Gasteiger partial charge < -0.3 is 10.6 Å². The van der Waals surface area contributed by atoms with Gasteiger partial charge in [-0.05, 0) is 44.7 Å². The van der Waals surface area contributed by atoms with E-state index in [0.29, 0.717) is 18.6 Å². The van der Waals surface area contributed by atoms with E-state index in [2.05, 4.69) is 22.5 Å². The van der Waals surface area contributed by atoms with Gasteiger partial charge in [0.1, 0.15) is 0 Å². The van der Waals surface area contributed by atoms with E-state index >= 15 is 0 Å². The number of likely N-dealkylation sites (tertiary alicyclic amines) is 1. The molecule has 0 spiro atoms. The van der Waals surface area contributed by atoms with E-state index in [0.717, 1.165) is 31.5 Å². The highest BCUT2D eigenvalue weighted by Crippen LogP contribution is 2.31. The van der Waals surface area contributed by atoms with Crippen molar-refractivity contribution >= 4 is 5.91 Å². The number of rotatable bonds is 3. The fourth-order valence-electron chi connectivity index (χ4n) is 3.15. The van der Waals surface area contributed by atoms with Gasteiger partial charge in [0.15, 0.2) is 0 Å². The number of nitrogens with one attached hydrogen (secondary N) is 2. The number of hydrogen-bond donors (Lipinski definition) is 2. The zero-order valence-corrected chi connectivity index (χ0v) is 9.91. The summed E-state index contributed by atoms with van der Waals surface area (Å²) in [6, 6.07) is 1.05. The number of nitrogens with zero attached hydrogens (tertiary/aromatic N) is 1. The molecule has 4 nitrogen and oxygen atoms in total. The monoisotopic (exact) mass is 223 g/mol. The van der Waals surface area contributed by atoms with E-state index in [1.165, 1.54) is 12.8 Å². The summed E-state index contributed by atoms with van der Waals surface area (Å²) in [5, 5.41) is 6.51. The molecule has 0 aromatic heterocycles. The molecule has 2 saturated heterocycles. The van der Waals surface area contributed by atoms with E-state index in [-0.39, 0.29) is 5.91 Å². The Kier molecular flexibility index (Phi) is 2.64. The molecule has 0 radical (unpaired) electrons. The molecule has 2 N–H and O–H groups in total. The molecule has 1 saturated carbocycles. The molecule has 4 heteroatoms. The van der Waals surface area contributed by atoms with E-state index in [9.17, 15) is 4.79 Å². The van der Waals surface area contributed by atoms with E-state index < -0.39 is 0 Å². The second kappa shape index (κ2) is 4.00. The third-order valence-electron chi connectivity index (χ3n) is 4.35. The van der Waals surface area contributed by atoms with Gasteiger partial charge in [0.05, 0.1) is 6.54 Å². The first-order chi connectivity index (χ1) is 7.74. The highest BCUT2D eigenvalue weighted by molar-refractivity contribution is 5.78. The molecule has 90 valence electrons. The molecule has 3 aliphatic rings. The number of carbonyl (C=O) groups is 1. The van der Waals surface area contributed by atoms with Gasteiger partial charge >= 0.3 is 0 Å². The minimum Gasteiger partial charge on any atom is -0.352 e. The van der Waals surface area contributed by atoms with Crippen LogP contribution in [0.4, 0.5) is 0 Å². The van der Waals surface area contributed by atoms with Crippen LogP contribution in [0.3, 0.4) is 0 Å². The van der Waals surface area contributed by atoms with Crippen LogP contribution in [0.1, 0.15) is 19.8 Å². The molecular weight excluding hydrogens is 202 g/mol. The second-order valence-corrected chi connectivity index (χ2v) is 5.59. The third kappa shape index (κ3) is 1.96. The van der Waals surface area contributed by atoms with Crippen LogP contribution in [0.25, 0.3) is 0 Å². The van der Waals surface area contributed by atoms with Crippen molar-refractivity contribution < 1.29 is 4.79 Å². The van der Waals surface area contributed by atoms with Gasteiger partial charge in [0, 0.05) is 18.6 Å². The van der Waals surface area contributed by atoms with Gasteiger partial charge in [-0.15, -0.1) is 0 Å². The normalized spacial score (nSPS) is 38.7. The Morgan fingerprint density at radius 1 is 1.44 bits per heavy atom. The van der Waals surface area contributed by atoms with Crippen LogP contribution >= 0.6 is 0 Å². The summed E-state index contributed by atoms with van der Waals surface area (Å²) in [6.07, 6.45) is 2.35. The second-order valence-electron chi connectivity index (χ2n) is 5.59. The van der Waals surface area contributed by atoms with Crippen molar-refractivity contribution in [3.8, 4) is 0 Å². The topological polar surface area (TPSA) is 44.4 Å². The van der Waals surface area contributed by atoms with Crippen LogP contribution in [0.5, 0.6) is 0 Å². The van der Waals surface area contributed by atoms with Gasteiger partial charge in [-0.3, -0.25) is 9.69 Å². The molecule has 0 aromatic rings. The van der Waals surface area contributed by atoms with E-state index in [1.807, 2.05) is 0 Å². The largest absolute Gasteiger partial charge is 0.352 e. The summed E-state index contributed by atoms with van der Waals surface area (Å²) in [4.78, 5) is 14.1. The standard InChI is InChI=1S/C12H21N3O/c1-8-11-5-13-4-9(11)6-15(8)7-12(16)14-10-2-3-10/h8-11,13H,2-7H2,1H3,(H,14,16). The lowest BCUT2D eigenvalue weighted by Gasteiger charge is -2.23. The Hall–Kier alpha value is -0.610. The summed E-state index contributed by atoms with van der Waals surface area (Å²) in [5.41, 5.74) is 0. The Labute approximate surface area is 96.8 Å². The molecule has 2 heterocycles. The number of carbonyl (C=O) groups excluding carboxylic acids is 1. The van der Waals surface area contributed by atoms with Crippen molar-refractivity contribution in [3.05, 3.63) is 0 Å². The highest BCUT2D eigenvalue weighted by atomic mass is 16.2.